The third-order valence-corrected chi connectivity index (χ3v) is 4.99. The second kappa shape index (κ2) is 7.64. The van der Waals surface area contributed by atoms with E-state index in [1.807, 2.05) is 0 Å². The first kappa shape index (κ1) is 18.9. The van der Waals surface area contributed by atoms with Crippen LogP contribution < -0.4 is 20.7 Å². The van der Waals surface area contributed by atoms with Crippen LogP contribution in [0.3, 0.4) is 0 Å². The van der Waals surface area contributed by atoms with Crippen LogP contribution in [0.1, 0.15) is 9.67 Å². The van der Waals surface area contributed by atoms with Gasteiger partial charge in [0.25, 0.3) is 5.91 Å². The summed E-state index contributed by atoms with van der Waals surface area (Å²) in [6.45, 7) is -0.247. The molecule has 0 fully saturated rings. The lowest BCUT2D eigenvalue weighted by Crippen LogP contribution is -2.32. The maximum Gasteiger partial charge on any atom is 0.261 e. The van der Waals surface area contributed by atoms with Crippen LogP contribution in [0.15, 0.2) is 40.6 Å². The molecule has 1 aromatic heterocycles. The van der Waals surface area contributed by atoms with Crippen molar-refractivity contribution in [1.29, 1.82) is 0 Å². The lowest BCUT2D eigenvalue weighted by molar-refractivity contribution is -0.115. The summed E-state index contributed by atoms with van der Waals surface area (Å²) in [6, 6.07) is 7.57. The molecule has 0 atom stereocenters. The minimum absolute atomic E-state index is 0.115. The van der Waals surface area contributed by atoms with Crippen molar-refractivity contribution in [2.75, 3.05) is 30.9 Å². The maximum absolute atomic E-state index is 12.1. The number of rotatable bonds is 6. The highest BCUT2D eigenvalue weighted by Gasteiger charge is 2.15. The second-order valence-corrected chi connectivity index (χ2v) is 7.84. The number of hydrogen-bond acceptors (Lipinski definition) is 6. The quantitative estimate of drug-likeness (QED) is 0.683. The largest absolute Gasteiger partial charge is 0.376 e. The molecule has 2 amide bonds. The van der Waals surface area contributed by atoms with Crippen LogP contribution in [0.4, 0.5) is 11.4 Å². The fraction of sp³-hybridized carbons (Fsp3) is 0.200. The van der Waals surface area contributed by atoms with E-state index in [4.69, 9.17) is 5.14 Å². The van der Waals surface area contributed by atoms with Gasteiger partial charge in [0.05, 0.1) is 27.7 Å². The van der Waals surface area contributed by atoms with Crippen molar-refractivity contribution < 1.29 is 18.0 Å². The van der Waals surface area contributed by atoms with Crippen molar-refractivity contribution in [2.45, 2.75) is 4.90 Å². The van der Waals surface area contributed by atoms with E-state index in [1.165, 1.54) is 23.5 Å². The van der Waals surface area contributed by atoms with Crippen molar-refractivity contribution >= 4 is 44.5 Å². The smallest absolute Gasteiger partial charge is 0.261 e. The average molecular weight is 382 g/mol. The summed E-state index contributed by atoms with van der Waals surface area (Å²) in [5, 5.41) is 12.0. The summed E-state index contributed by atoms with van der Waals surface area (Å²) in [6.07, 6.45) is 0. The van der Waals surface area contributed by atoms with Gasteiger partial charge in [-0.2, -0.15) is 0 Å². The number of thiophene rings is 1. The number of anilines is 2. The molecular formula is C15H18N4O4S2. The van der Waals surface area contributed by atoms with E-state index in [1.54, 1.807) is 42.6 Å². The van der Waals surface area contributed by atoms with Crippen molar-refractivity contribution in [3.8, 4) is 0 Å². The summed E-state index contributed by atoms with van der Waals surface area (Å²) in [5.41, 5.74) is 0.886. The number of nitrogens with one attached hydrogen (secondary N) is 2. The lowest BCUT2D eigenvalue weighted by Gasteiger charge is -2.18. The zero-order valence-electron chi connectivity index (χ0n) is 13.6. The maximum atomic E-state index is 12.1. The molecule has 8 nitrogen and oxygen atoms in total. The molecule has 0 spiro atoms. The van der Waals surface area contributed by atoms with E-state index in [0.717, 1.165) is 0 Å². The van der Waals surface area contributed by atoms with Gasteiger partial charge in [0, 0.05) is 14.1 Å². The first-order chi connectivity index (χ1) is 11.7. The predicted molar refractivity (Wildman–Crippen MR) is 97.4 cm³/mol. The molecule has 0 saturated carbocycles. The molecular weight excluding hydrogens is 364 g/mol. The van der Waals surface area contributed by atoms with Crippen LogP contribution in [-0.4, -0.2) is 40.9 Å². The number of primary sulfonamides is 1. The van der Waals surface area contributed by atoms with Gasteiger partial charge in [0.1, 0.15) is 0 Å². The number of benzene rings is 1. The van der Waals surface area contributed by atoms with Crippen LogP contribution in [0.5, 0.6) is 0 Å². The fourth-order valence-electron chi connectivity index (χ4n) is 2.03. The molecule has 134 valence electrons. The van der Waals surface area contributed by atoms with E-state index in [2.05, 4.69) is 10.6 Å². The number of nitrogens with zero attached hydrogens (tertiary/aromatic N) is 1. The van der Waals surface area contributed by atoms with E-state index >= 15 is 0 Å². The Morgan fingerprint density at radius 3 is 2.52 bits per heavy atom. The molecule has 1 heterocycles. The zero-order valence-corrected chi connectivity index (χ0v) is 15.3. The Balaban J connectivity index is 2.12. The highest BCUT2D eigenvalue weighted by atomic mass is 32.2. The van der Waals surface area contributed by atoms with Gasteiger partial charge in [0.2, 0.25) is 15.9 Å². The highest BCUT2D eigenvalue weighted by Crippen LogP contribution is 2.27. The summed E-state index contributed by atoms with van der Waals surface area (Å²) < 4.78 is 23.0. The first-order valence-corrected chi connectivity index (χ1v) is 9.57. The van der Waals surface area contributed by atoms with Gasteiger partial charge in [-0.05, 0) is 29.6 Å². The van der Waals surface area contributed by atoms with Crippen molar-refractivity contribution in [3.05, 3.63) is 40.6 Å². The zero-order chi connectivity index (χ0) is 18.6. The Labute approximate surface area is 149 Å². The standard InChI is InChI=1S/C15H18N4O4S2/c1-19(2)12-6-5-10(25(16,22)23)8-11(12)18-14(20)9-17-15(21)13-4-3-7-24-13/h3-8H,9H2,1-2H3,(H,17,21)(H,18,20)(H2,16,22,23). The summed E-state index contributed by atoms with van der Waals surface area (Å²) in [5.74, 6) is -0.837. The van der Waals surface area contributed by atoms with Crippen molar-refractivity contribution in [1.82, 2.24) is 5.32 Å². The number of nitrogens with two attached hydrogens (primary N) is 1. The molecule has 0 bridgehead atoms. The molecule has 0 unspecified atom stereocenters. The monoisotopic (exact) mass is 382 g/mol. The Morgan fingerprint density at radius 1 is 1.24 bits per heavy atom. The van der Waals surface area contributed by atoms with Gasteiger partial charge in [-0.15, -0.1) is 11.3 Å². The first-order valence-electron chi connectivity index (χ1n) is 7.14. The summed E-state index contributed by atoms with van der Waals surface area (Å²) in [7, 11) is -0.397. The van der Waals surface area contributed by atoms with Crippen molar-refractivity contribution in [3.63, 3.8) is 0 Å². The third kappa shape index (κ3) is 5.02. The molecule has 0 aliphatic heterocycles. The molecule has 2 aromatic rings. The summed E-state index contributed by atoms with van der Waals surface area (Å²) >= 11 is 1.27. The molecule has 2 rings (SSSR count). The van der Waals surface area contributed by atoms with Crippen LogP contribution >= 0.6 is 11.3 Å². The molecule has 4 N–H and O–H groups in total. The van der Waals surface area contributed by atoms with Crippen LogP contribution in [0.25, 0.3) is 0 Å². The molecule has 0 radical (unpaired) electrons. The number of carbonyl (C=O) groups excluding carboxylic acids is 2. The normalized spacial score (nSPS) is 11.0. The number of amides is 2. The second-order valence-electron chi connectivity index (χ2n) is 5.33. The Hall–Kier alpha value is -2.43. The van der Waals surface area contributed by atoms with E-state index in [0.29, 0.717) is 10.6 Å². The van der Waals surface area contributed by atoms with Gasteiger partial charge in [-0.25, -0.2) is 13.6 Å². The van der Waals surface area contributed by atoms with Gasteiger partial charge in [0.15, 0.2) is 0 Å². The lowest BCUT2D eigenvalue weighted by atomic mass is 10.2. The Bertz CT molecular complexity index is 877. The molecule has 0 aliphatic rings. The van der Waals surface area contributed by atoms with Gasteiger partial charge < -0.3 is 15.5 Å². The number of hydrogen-bond donors (Lipinski definition) is 3. The minimum Gasteiger partial charge on any atom is -0.376 e. The fourth-order valence-corrected chi connectivity index (χ4v) is 3.21. The molecule has 10 heteroatoms. The van der Waals surface area contributed by atoms with Crippen LogP contribution in [0, 0.1) is 0 Å². The summed E-state index contributed by atoms with van der Waals surface area (Å²) in [4.78, 5) is 26.0. The third-order valence-electron chi connectivity index (χ3n) is 3.21. The number of carbonyl (C=O) groups is 2. The number of sulfonamides is 1. The van der Waals surface area contributed by atoms with E-state index in [9.17, 15) is 18.0 Å². The van der Waals surface area contributed by atoms with Crippen molar-refractivity contribution in [2.24, 2.45) is 5.14 Å². The topological polar surface area (TPSA) is 122 Å². The SMILES string of the molecule is CN(C)c1ccc(S(N)(=O)=O)cc1NC(=O)CNC(=O)c1cccs1. The van der Waals surface area contributed by atoms with Gasteiger partial charge in [-0.1, -0.05) is 6.07 Å². The van der Waals surface area contributed by atoms with Crippen LogP contribution in [0.2, 0.25) is 0 Å². The molecule has 0 aliphatic carbocycles. The Morgan fingerprint density at radius 2 is 1.96 bits per heavy atom. The minimum atomic E-state index is -3.90. The van der Waals surface area contributed by atoms with Gasteiger partial charge >= 0.3 is 0 Å². The molecule has 25 heavy (non-hydrogen) atoms. The van der Waals surface area contributed by atoms with E-state index < -0.39 is 15.9 Å². The molecule has 0 saturated heterocycles. The predicted octanol–water partition coefficient (Wildman–Crippen LogP) is 0.830. The van der Waals surface area contributed by atoms with Crippen LogP contribution in [-0.2, 0) is 14.8 Å². The average Bonchev–Trinajstić information content (AvgIpc) is 3.06. The van der Waals surface area contributed by atoms with Gasteiger partial charge in [-0.3, -0.25) is 9.59 Å². The Kier molecular flexibility index (Phi) is 5.77. The molecule has 1 aromatic carbocycles. The highest BCUT2D eigenvalue weighted by molar-refractivity contribution is 7.89. The van der Waals surface area contributed by atoms with E-state index in [-0.39, 0.29) is 23.0 Å².